The number of nitrogens with two attached hydrogens (primary N) is 1. The lowest BCUT2D eigenvalue weighted by Gasteiger charge is -2.14. The molecule has 0 aliphatic carbocycles. The van der Waals surface area contributed by atoms with Crippen LogP contribution in [0.25, 0.3) is 0 Å². The Balaban J connectivity index is 4.02. The zero-order chi connectivity index (χ0) is 13.3. The van der Waals surface area contributed by atoms with Crippen LogP contribution in [-0.2, 0) is 9.59 Å². The number of rotatable bonds is 8. The maximum absolute atomic E-state index is 11.3. The van der Waals surface area contributed by atoms with E-state index in [-0.39, 0.29) is 12.8 Å². The highest BCUT2D eigenvalue weighted by atomic mass is 32.2. The molecule has 0 aliphatic rings. The standard InChI is InChI=1S/C9H17N3O4S/c1-17-5-4-11-9(16)12-6(8(14)15)2-3-7(10)13/h6H,2-5H2,1H3,(H2,10,13)(H,14,15)(H2,11,12,16). The summed E-state index contributed by atoms with van der Waals surface area (Å²) in [5.74, 6) is -1.04. The van der Waals surface area contributed by atoms with E-state index in [0.717, 1.165) is 5.75 Å². The number of aliphatic carboxylic acids is 1. The predicted molar refractivity (Wildman–Crippen MR) is 64.8 cm³/mol. The van der Waals surface area contributed by atoms with E-state index in [4.69, 9.17) is 10.8 Å². The molecule has 98 valence electrons. The molecule has 0 aromatic carbocycles. The minimum Gasteiger partial charge on any atom is -0.480 e. The quantitative estimate of drug-likeness (QED) is 0.434. The number of thioether (sulfide) groups is 1. The predicted octanol–water partition coefficient (Wildman–Crippen LogP) is -0.633. The molecule has 0 heterocycles. The van der Waals surface area contributed by atoms with E-state index in [0.29, 0.717) is 6.54 Å². The molecule has 0 fully saturated rings. The van der Waals surface area contributed by atoms with Crippen molar-refractivity contribution in [2.45, 2.75) is 18.9 Å². The highest BCUT2D eigenvalue weighted by Crippen LogP contribution is 1.97. The van der Waals surface area contributed by atoms with E-state index in [1.165, 1.54) is 0 Å². The molecule has 5 N–H and O–H groups in total. The van der Waals surface area contributed by atoms with Crippen LogP contribution in [0.4, 0.5) is 4.79 Å². The third kappa shape index (κ3) is 8.38. The smallest absolute Gasteiger partial charge is 0.326 e. The van der Waals surface area contributed by atoms with Crippen molar-refractivity contribution in [3.05, 3.63) is 0 Å². The molecular formula is C9H17N3O4S. The van der Waals surface area contributed by atoms with Crippen LogP contribution in [0.15, 0.2) is 0 Å². The molecule has 0 saturated carbocycles. The molecule has 0 aromatic heterocycles. The number of hydrogen-bond donors (Lipinski definition) is 4. The molecule has 0 bridgehead atoms. The lowest BCUT2D eigenvalue weighted by atomic mass is 10.1. The molecular weight excluding hydrogens is 246 g/mol. The Morgan fingerprint density at radius 3 is 2.53 bits per heavy atom. The normalized spacial score (nSPS) is 11.6. The lowest BCUT2D eigenvalue weighted by molar-refractivity contribution is -0.139. The van der Waals surface area contributed by atoms with Crippen molar-refractivity contribution in [2.24, 2.45) is 5.73 Å². The van der Waals surface area contributed by atoms with Crippen LogP contribution in [0.3, 0.4) is 0 Å². The number of amides is 3. The van der Waals surface area contributed by atoms with E-state index in [1.807, 2.05) is 6.26 Å². The van der Waals surface area contributed by atoms with E-state index < -0.39 is 23.9 Å². The molecule has 0 saturated heterocycles. The second-order valence-corrected chi connectivity index (χ2v) is 4.27. The van der Waals surface area contributed by atoms with Crippen molar-refractivity contribution in [1.82, 2.24) is 10.6 Å². The highest BCUT2D eigenvalue weighted by molar-refractivity contribution is 7.98. The number of primary amides is 1. The highest BCUT2D eigenvalue weighted by Gasteiger charge is 2.19. The summed E-state index contributed by atoms with van der Waals surface area (Å²) < 4.78 is 0. The Bertz CT molecular complexity index is 285. The first kappa shape index (κ1) is 15.6. The fraction of sp³-hybridized carbons (Fsp3) is 0.667. The Hall–Kier alpha value is -1.44. The van der Waals surface area contributed by atoms with Crippen LogP contribution < -0.4 is 16.4 Å². The number of hydrogen-bond acceptors (Lipinski definition) is 4. The first-order chi connectivity index (χ1) is 7.97. The summed E-state index contributed by atoms with van der Waals surface area (Å²) in [4.78, 5) is 32.6. The minimum atomic E-state index is -1.19. The van der Waals surface area contributed by atoms with Crippen LogP contribution in [0, 0.1) is 0 Å². The number of urea groups is 1. The van der Waals surface area contributed by atoms with Gasteiger partial charge >= 0.3 is 12.0 Å². The topological polar surface area (TPSA) is 122 Å². The van der Waals surface area contributed by atoms with Crippen molar-refractivity contribution >= 4 is 29.7 Å². The molecule has 1 atom stereocenters. The molecule has 7 nitrogen and oxygen atoms in total. The summed E-state index contributed by atoms with van der Waals surface area (Å²) in [6, 6.07) is -1.66. The van der Waals surface area contributed by atoms with Crippen LogP contribution in [0.5, 0.6) is 0 Å². The zero-order valence-electron chi connectivity index (χ0n) is 9.56. The molecule has 0 radical (unpaired) electrons. The lowest BCUT2D eigenvalue weighted by Crippen LogP contribution is -2.46. The van der Waals surface area contributed by atoms with Crippen molar-refractivity contribution in [1.29, 1.82) is 0 Å². The molecule has 8 heteroatoms. The maximum atomic E-state index is 11.3. The van der Waals surface area contributed by atoms with Gasteiger partial charge in [0, 0.05) is 18.7 Å². The number of nitrogens with one attached hydrogen (secondary N) is 2. The summed E-state index contributed by atoms with van der Waals surface area (Å²) >= 11 is 1.56. The van der Waals surface area contributed by atoms with Gasteiger partial charge in [0.2, 0.25) is 5.91 Å². The van der Waals surface area contributed by atoms with Gasteiger partial charge in [0.15, 0.2) is 0 Å². The summed E-state index contributed by atoms with van der Waals surface area (Å²) in [6.07, 6.45) is 1.80. The summed E-state index contributed by atoms with van der Waals surface area (Å²) in [5.41, 5.74) is 4.91. The van der Waals surface area contributed by atoms with Crippen molar-refractivity contribution < 1.29 is 19.5 Å². The van der Waals surface area contributed by atoms with Gasteiger partial charge in [0.1, 0.15) is 6.04 Å². The molecule has 0 spiro atoms. The largest absolute Gasteiger partial charge is 0.480 e. The molecule has 0 aromatic rings. The van der Waals surface area contributed by atoms with E-state index in [9.17, 15) is 14.4 Å². The van der Waals surface area contributed by atoms with Crippen LogP contribution in [0.2, 0.25) is 0 Å². The summed E-state index contributed by atoms with van der Waals surface area (Å²) in [7, 11) is 0. The molecule has 3 amide bonds. The van der Waals surface area contributed by atoms with Gasteiger partial charge in [-0.2, -0.15) is 11.8 Å². The van der Waals surface area contributed by atoms with Gasteiger partial charge in [-0.1, -0.05) is 0 Å². The third-order valence-electron chi connectivity index (χ3n) is 1.87. The van der Waals surface area contributed by atoms with Crippen molar-refractivity contribution in [3.63, 3.8) is 0 Å². The zero-order valence-corrected chi connectivity index (χ0v) is 10.4. The number of carboxylic acid groups (broad SMARTS) is 1. The number of carbonyl (C=O) groups is 3. The fourth-order valence-electron chi connectivity index (χ4n) is 1.02. The van der Waals surface area contributed by atoms with Gasteiger partial charge in [-0.3, -0.25) is 4.79 Å². The second-order valence-electron chi connectivity index (χ2n) is 3.29. The molecule has 17 heavy (non-hydrogen) atoms. The summed E-state index contributed by atoms with van der Waals surface area (Å²) in [6.45, 7) is 0.454. The van der Waals surface area contributed by atoms with E-state index >= 15 is 0 Å². The van der Waals surface area contributed by atoms with Gasteiger partial charge in [0.05, 0.1) is 0 Å². The first-order valence-electron chi connectivity index (χ1n) is 5.01. The third-order valence-corrected chi connectivity index (χ3v) is 2.49. The summed E-state index contributed by atoms with van der Waals surface area (Å²) in [5, 5.41) is 13.6. The van der Waals surface area contributed by atoms with Crippen LogP contribution in [0.1, 0.15) is 12.8 Å². The number of carboxylic acids is 1. The molecule has 0 aliphatic heterocycles. The average Bonchev–Trinajstić information content (AvgIpc) is 2.23. The Labute approximate surface area is 104 Å². The second kappa shape index (κ2) is 8.68. The monoisotopic (exact) mass is 263 g/mol. The van der Waals surface area contributed by atoms with Gasteiger partial charge in [-0.05, 0) is 12.7 Å². The van der Waals surface area contributed by atoms with E-state index in [1.54, 1.807) is 11.8 Å². The molecule has 0 rings (SSSR count). The Morgan fingerprint density at radius 1 is 1.41 bits per heavy atom. The fourth-order valence-corrected chi connectivity index (χ4v) is 1.33. The Morgan fingerprint density at radius 2 is 2.06 bits per heavy atom. The molecule has 1 unspecified atom stereocenters. The van der Waals surface area contributed by atoms with Crippen LogP contribution in [-0.4, -0.2) is 47.6 Å². The van der Waals surface area contributed by atoms with Crippen molar-refractivity contribution in [2.75, 3.05) is 18.6 Å². The Kier molecular flexibility index (Phi) is 7.95. The van der Waals surface area contributed by atoms with Crippen LogP contribution >= 0.6 is 11.8 Å². The van der Waals surface area contributed by atoms with E-state index in [2.05, 4.69) is 10.6 Å². The van der Waals surface area contributed by atoms with Gasteiger partial charge in [-0.25, -0.2) is 9.59 Å². The maximum Gasteiger partial charge on any atom is 0.326 e. The SMILES string of the molecule is CSCCNC(=O)NC(CCC(N)=O)C(=O)O. The number of carbonyl (C=O) groups excluding carboxylic acids is 2. The minimum absolute atomic E-state index is 0.0133. The van der Waals surface area contributed by atoms with Gasteiger partial charge in [-0.15, -0.1) is 0 Å². The van der Waals surface area contributed by atoms with Gasteiger partial charge < -0.3 is 21.5 Å². The average molecular weight is 263 g/mol. The first-order valence-corrected chi connectivity index (χ1v) is 6.41. The van der Waals surface area contributed by atoms with Crippen molar-refractivity contribution in [3.8, 4) is 0 Å². The van der Waals surface area contributed by atoms with Gasteiger partial charge in [0.25, 0.3) is 0 Å².